The van der Waals surface area contributed by atoms with E-state index >= 15 is 0 Å². The van der Waals surface area contributed by atoms with Gasteiger partial charge in [-0.25, -0.2) is 19.2 Å². The summed E-state index contributed by atoms with van der Waals surface area (Å²) in [6, 6.07) is 0. The fourth-order valence-corrected chi connectivity index (χ4v) is 1.06. The molecule has 12 heteroatoms. The van der Waals surface area contributed by atoms with Gasteiger partial charge in [0.2, 0.25) is 0 Å². The first-order chi connectivity index (χ1) is 9.93. The maximum Gasteiger partial charge on any atom is 0.503 e. The van der Waals surface area contributed by atoms with E-state index in [9.17, 15) is 0 Å². The topological polar surface area (TPSA) is 230 Å². The molecule has 0 radical (unpaired) electrons. The highest BCUT2D eigenvalue weighted by atomic mass is 16.6. The normalized spacial score (nSPS) is 10.9. The number of carboxylic acid groups (broad SMARTS) is 8. The van der Waals surface area contributed by atoms with Gasteiger partial charge in [0, 0.05) is 0 Å². The van der Waals surface area contributed by atoms with Gasteiger partial charge >= 0.3 is 24.6 Å². The molecule has 8 N–H and O–H groups in total. The van der Waals surface area contributed by atoms with Gasteiger partial charge in [0.1, 0.15) is 0 Å². The first-order valence-electron chi connectivity index (χ1n) is 5.61. The highest BCUT2D eigenvalue weighted by Crippen LogP contribution is 2.15. The minimum Gasteiger partial charge on any atom is -0.450 e. The summed E-state index contributed by atoms with van der Waals surface area (Å²) in [4.78, 5) is 34.2. The Bertz CT molecular complexity index is 221. The summed E-state index contributed by atoms with van der Waals surface area (Å²) < 4.78 is 0. The summed E-state index contributed by atoms with van der Waals surface area (Å²) in [5.41, 5.74) is 0. The van der Waals surface area contributed by atoms with Crippen LogP contribution in [0.2, 0.25) is 0 Å². The third-order valence-corrected chi connectivity index (χ3v) is 1.50. The summed E-state index contributed by atoms with van der Waals surface area (Å²) in [5, 5.41) is 55.8. The molecule has 0 saturated heterocycles. The van der Waals surface area contributed by atoms with Crippen LogP contribution in [-0.4, -0.2) is 65.5 Å². The van der Waals surface area contributed by atoms with Gasteiger partial charge < -0.3 is 40.9 Å². The predicted molar refractivity (Wildman–Crippen MR) is 70.3 cm³/mol. The lowest BCUT2D eigenvalue weighted by Crippen LogP contribution is -1.85. The Kier molecular flexibility index (Phi) is 28.9. The average Bonchev–Trinajstić information content (AvgIpc) is 2.28. The van der Waals surface area contributed by atoms with E-state index in [1.807, 2.05) is 0 Å². The van der Waals surface area contributed by atoms with Crippen molar-refractivity contribution in [1.82, 2.24) is 0 Å². The third kappa shape index (κ3) is 466. The van der Waals surface area contributed by atoms with Gasteiger partial charge in [-0.2, -0.15) is 0 Å². The molecule has 0 heterocycles. The fraction of sp³-hybridized carbons (Fsp3) is 0.600. The molecule has 1 rings (SSSR count). The first kappa shape index (κ1) is 27.4. The molecule has 1 saturated carbocycles. The molecule has 0 aliphatic heterocycles. The lowest BCUT2D eigenvalue weighted by molar-refractivity contribution is 0.135. The Labute approximate surface area is 124 Å². The first-order valence-corrected chi connectivity index (χ1v) is 5.61. The van der Waals surface area contributed by atoms with E-state index < -0.39 is 24.6 Å². The van der Waals surface area contributed by atoms with Crippen LogP contribution in [0, 0.1) is 0 Å². The van der Waals surface area contributed by atoms with Crippen LogP contribution in [0.3, 0.4) is 0 Å². The van der Waals surface area contributed by atoms with Crippen molar-refractivity contribution in [3.05, 3.63) is 0 Å². The second kappa shape index (κ2) is 23.2. The zero-order chi connectivity index (χ0) is 18.6. The molecule has 0 aromatic heterocycles. The van der Waals surface area contributed by atoms with Gasteiger partial charge in [0.15, 0.2) is 0 Å². The molecule has 0 aromatic carbocycles. The highest BCUT2D eigenvalue weighted by molar-refractivity contribution is 5.54. The van der Waals surface area contributed by atoms with Crippen LogP contribution in [0.25, 0.3) is 0 Å². The summed E-state index contributed by atoms with van der Waals surface area (Å²) in [6.07, 6.45) is 1.67. The van der Waals surface area contributed by atoms with Crippen LogP contribution in [0.15, 0.2) is 0 Å². The molecule has 0 spiro atoms. The monoisotopic (exact) mass is 332 g/mol. The van der Waals surface area contributed by atoms with Gasteiger partial charge in [-0.3, -0.25) is 0 Å². The average molecular weight is 332 g/mol. The molecule has 0 amide bonds. The van der Waals surface area contributed by atoms with Crippen molar-refractivity contribution >= 4 is 24.6 Å². The third-order valence-electron chi connectivity index (χ3n) is 1.50. The van der Waals surface area contributed by atoms with Crippen LogP contribution >= 0.6 is 0 Å². The highest BCUT2D eigenvalue weighted by Gasteiger charge is 1.95. The van der Waals surface area contributed by atoms with E-state index in [-0.39, 0.29) is 0 Å². The van der Waals surface area contributed by atoms with E-state index in [0.29, 0.717) is 0 Å². The molecular formula is C10H20O12. The fourth-order valence-electron chi connectivity index (χ4n) is 1.06. The minimum absolute atomic E-state index is 1.50. The smallest absolute Gasteiger partial charge is 0.450 e. The second-order valence-corrected chi connectivity index (χ2v) is 3.25. The van der Waals surface area contributed by atoms with Crippen LogP contribution in [-0.2, 0) is 0 Å². The van der Waals surface area contributed by atoms with Gasteiger partial charge in [0.05, 0.1) is 0 Å². The summed E-state index contributed by atoms with van der Waals surface area (Å²) in [5.74, 6) is 0. The van der Waals surface area contributed by atoms with Crippen LogP contribution < -0.4 is 0 Å². The quantitative estimate of drug-likeness (QED) is 0.319. The van der Waals surface area contributed by atoms with Crippen LogP contribution in [0.4, 0.5) is 19.2 Å². The summed E-state index contributed by atoms with van der Waals surface area (Å²) in [6.45, 7) is 0. The molecule has 0 unspecified atom stereocenters. The van der Waals surface area contributed by atoms with E-state index in [2.05, 4.69) is 0 Å². The van der Waals surface area contributed by atoms with Crippen molar-refractivity contribution in [1.29, 1.82) is 0 Å². The van der Waals surface area contributed by atoms with E-state index in [1.165, 1.54) is 38.5 Å². The van der Waals surface area contributed by atoms with Crippen molar-refractivity contribution < 1.29 is 60.0 Å². The van der Waals surface area contributed by atoms with Crippen LogP contribution in [0.5, 0.6) is 0 Å². The van der Waals surface area contributed by atoms with E-state index in [0.717, 1.165) is 0 Å². The molecule has 22 heavy (non-hydrogen) atoms. The molecule has 0 bridgehead atoms. The standard InChI is InChI=1S/C6H12.4CH2O3/c1-2-4-6-5-3-1;4*2-1(3)4/h1-6H2;4*(H2,2,3,4). The molecule has 0 atom stereocenters. The van der Waals surface area contributed by atoms with Gasteiger partial charge in [-0.1, -0.05) is 38.5 Å². The maximum atomic E-state index is 8.56. The molecule has 132 valence electrons. The van der Waals surface area contributed by atoms with Crippen molar-refractivity contribution in [2.45, 2.75) is 38.5 Å². The lowest BCUT2D eigenvalue weighted by atomic mass is 10.0. The Balaban J connectivity index is -0.0000000937. The lowest BCUT2D eigenvalue weighted by Gasteiger charge is -2.05. The largest absolute Gasteiger partial charge is 0.503 e. The summed E-state index contributed by atoms with van der Waals surface area (Å²) >= 11 is 0. The van der Waals surface area contributed by atoms with Gasteiger partial charge in [-0.15, -0.1) is 0 Å². The molecule has 1 aliphatic carbocycles. The second-order valence-electron chi connectivity index (χ2n) is 3.25. The zero-order valence-electron chi connectivity index (χ0n) is 11.5. The maximum absolute atomic E-state index is 8.56. The van der Waals surface area contributed by atoms with E-state index in [4.69, 9.17) is 60.0 Å². The number of carbonyl (C=O) groups is 4. The van der Waals surface area contributed by atoms with Crippen LogP contribution in [0.1, 0.15) is 38.5 Å². The predicted octanol–water partition coefficient (Wildman–Crippen LogP) is 3.23. The van der Waals surface area contributed by atoms with Gasteiger partial charge in [-0.05, 0) is 0 Å². The SMILES string of the molecule is C1CCCCC1.O=C(O)O.O=C(O)O.O=C(O)O.O=C(O)O. The van der Waals surface area contributed by atoms with Crippen molar-refractivity contribution in [3.63, 3.8) is 0 Å². The Morgan fingerprint density at radius 1 is 0.364 bits per heavy atom. The molecule has 0 aromatic rings. The molecule has 12 nitrogen and oxygen atoms in total. The van der Waals surface area contributed by atoms with Crippen molar-refractivity contribution in [2.75, 3.05) is 0 Å². The molecule has 1 aliphatic rings. The number of rotatable bonds is 0. The minimum atomic E-state index is -1.83. The molecule has 1 fully saturated rings. The molecular weight excluding hydrogens is 312 g/mol. The van der Waals surface area contributed by atoms with Crippen molar-refractivity contribution in [3.8, 4) is 0 Å². The zero-order valence-corrected chi connectivity index (χ0v) is 11.5. The Morgan fingerprint density at radius 3 is 0.455 bits per heavy atom. The Morgan fingerprint density at radius 2 is 0.409 bits per heavy atom. The van der Waals surface area contributed by atoms with E-state index in [1.54, 1.807) is 0 Å². The van der Waals surface area contributed by atoms with Gasteiger partial charge in [0.25, 0.3) is 0 Å². The summed E-state index contributed by atoms with van der Waals surface area (Å²) in [7, 11) is 0. The number of hydrogen-bond acceptors (Lipinski definition) is 4. The van der Waals surface area contributed by atoms with Crippen molar-refractivity contribution in [2.24, 2.45) is 0 Å². The number of hydrogen-bond donors (Lipinski definition) is 8. The Hall–Kier alpha value is -2.92.